The average Bonchev–Trinajstić information content (AvgIpc) is 3.11. The Morgan fingerprint density at radius 1 is 0.853 bits per heavy atom. The summed E-state index contributed by atoms with van der Waals surface area (Å²) in [5.74, 6) is 1.52. The Hall–Kier alpha value is -3.57. The molecule has 1 N–H and O–H groups in total. The summed E-state index contributed by atoms with van der Waals surface area (Å²) >= 11 is 0. The maximum atomic E-state index is 14.2. The molecule has 0 radical (unpaired) electrons. The van der Waals surface area contributed by atoms with E-state index < -0.39 is 0 Å². The number of allylic oxidation sites excluding steroid dienone is 2. The lowest BCUT2D eigenvalue weighted by atomic mass is 10.00. The van der Waals surface area contributed by atoms with Gasteiger partial charge in [0.25, 0.3) is 0 Å². The molecule has 176 valence electrons. The van der Waals surface area contributed by atoms with Gasteiger partial charge in [-0.2, -0.15) is 0 Å². The first kappa shape index (κ1) is 23.6. The summed E-state index contributed by atoms with van der Waals surface area (Å²) < 4.78 is 30.7. The first-order valence-corrected chi connectivity index (χ1v) is 11.3. The van der Waals surface area contributed by atoms with Crippen molar-refractivity contribution in [2.45, 2.75) is 19.9 Å². The molecule has 0 heterocycles. The zero-order valence-corrected chi connectivity index (χ0v) is 20.1. The van der Waals surface area contributed by atoms with Crippen LogP contribution in [0.5, 0.6) is 17.2 Å². The molecule has 5 heteroatoms. The summed E-state index contributed by atoms with van der Waals surface area (Å²) in [6.07, 6.45) is 2.91. The van der Waals surface area contributed by atoms with Crippen molar-refractivity contribution in [2.24, 2.45) is 0 Å². The lowest BCUT2D eigenvalue weighted by Gasteiger charge is -2.13. The van der Waals surface area contributed by atoms with Crippen molar-refractivity contribution in [1.82, 2.24) is 5.32 Å². The van der Waals surface area contributed by atoms with Gasteiger partial charge in [-0.15, -0.1) is 0 Å². The van der Waals surface area contributed by atoms with Gasteiger partial charge in [-0.3, -0.25) is 0 Å². The van der Waals surface area contributed by atoms with Gasteiger partial charge in [0, 0.05) is 6.54 Å². The van der Waals surface area contributed by atoms with Gasteiger partial charge in [0.2, 0.25) is 5.75 Å². The van der Waals surface area contributed by atoms with Gasteiger partial charge in [0.1, 0.15) is 5.82 Å². The van der Waals surface area contributed by atoms with Crippen LogP contribution in [0.2, 0.25) is 0 Å². The van der Waals surface area contributed by atoms with Crippen molar-refractivity contribution < 1.29 is 18.6 Å². The summed E-state index contributed by atoms with van der Waals surface area (Å²) in [5, 5.41) is 3.51. The van der Waals surface area contributed by atoms with E-state index in [4.69, 9.17) is 14.2 Å². The third kappa shape index (κ3) is 4.85. The van der Waals surface area contributed by atoms with Crippen LogP contribution in [0.4, 0.5) is 4.39 Å². The third-order valence-electron chi connectivity index (χ3n) is 6.18. The van der Waals surface area contributed by atoms with E-state index in [9.17, 15) is 4.39 Å². The maximum Gasteiger partial charge on any atom is 0.203 e. The van der Waals surface area contributed by atoms with E-state index in [0.29, 0.717) is 17.2 Å². The number of nitrogens with one attached hydrogen (secondary N) is 1. The zero-order chi connectivity index (χ0) is 24.1. The van der Waals surface area contributed by atoms with Crippen LogP contribution < -0.4 is 19.5 Å². The molecule has 0 amide bonds. The maximum absolute atomic E-state index is 14.2. The smallest absolute Gasteiger partial charge is 0.203 e. The molecule has 0 atom stereocenters. The van der Waals surface area contributed by atoms with E-state index in [1.165, 1.54) is 11.6 Å². The second-order valence-corrected chi connectivity index (χ2v) is 8.22. The van der Waals surface area contributed by atoms with E-state index in [-0.39, 0.29) is 5.82 Å². The molecule has 34 heavy (non-hydrogen) atoms. The largest absolute Gasteiger partial charge is 0.493 e. The van der Waals surface area contributed by atoms with Crippen LogP contribution in [-0.4, -0.2) is 27.9 Å². The molecule has 1 aliphatic rings. The van der Waals surface area contributed by atoms with E-state index >= 15 is 0 Å². The van der Waals surface area contributed by atoms with E-state index in [1.54, 1.807) is 27.4 Å². The number of hydrogen-bond donors (Lipinski definition) is 1. The Balaban J connectivity index is 1.65. The minimum Gasteiger partial charge on any atom is -0.493 e. The number of hydrogen-bond acceptors (Lipinski definition) is 4. The van der Waals surface area contributed by atoms with E-state index in [0.717, 1.165) is 52.9 Å². The van der Waals surface area contributed by atoms with Crippen molar-refractivity contribution in [3.05, 3.63) is 94.3 Å². The fourth-order valence-corrected chi connectivity index (χ4v) is 4.47. The quantitative estimate of drug-likeness (QED) is 0.378. The van der Waals surface area contributed by atoms with Crippen molar-refractivity contribution in [1.29, 1.82) is 0 Å². The Morgan fingerprint density at radius 2 is 1.56 bits per heavy atom. The zero-order valence-electron chi connectivity index (χ0n) is 20.1. The minimum atomic E-state index is -0.227. The minimum absolute atomic E-state index is 0.227. The number of ether oxygens (including phenoxy) is 3. The highest BCUT2D eigenvalue weighted by molar-refractivity contribution is 6.05. The van der Waals surface area contributed by atoms with Crippen molar-refractivity contribution in [2.75, 3.05) is 27.9 Å². The number of benzene rings is 3. The van der Waals surface area contributed by atoms with Gasteiger partial charge in [0.05, 0.1) is 21.3 Å². The fourth-order valence-electron chi connectivity index (χ4n) is 4.47. The molecule has 4 rings (SSSR count). The van der Waals surface area contributed by atoms with Gasteiger partial charge in [0.15, 0.2) is 11.5 Å². The molecule has 3 aromatic rings. The summed E-state index contributed by atoms with van der Waals surface area (Å²) in [6, 6.07) is 19.2. The lowest BCUT2D eigenvalue weighted by molar-refractivity contribution is 0.324. The molecular weight excluding hydrogens is 429 g/mol. The SMILES string of the molecule is COc1cc(/C=C2/C(C)=C(CCNCc3ccccc3)c3cc(F)ccc32)cc(OC)c1OC. The molecule has 0 spiro atoms. The summed E-state index contributed by atoms with van der Waals surface area (Å²) in [4.78, 5) is 0. The normalized spacial score (nSPS) is 13.9. The highest BCUT2D eigenvalue weighted by atomic mass is 19.1. The average molecular weight is 460 g/mol. The molecule has 0 aromatic heterocycles. The Bertz CT molecular complexity index is 1210. The van der Waals surface area contributed by atoms with Crippen LogP contribution in [0.15, 0.2) is 66.2 Å². The predicted octanol–water partition coefficient (Wildman–Crippen LogP) is 6.36. The molecule has 0 fully saturated rings. The van der Waals surface area contributed by atoms with Gasteiger partial charge < -0.3 is 19.5 Å². The highest BCUT2D eigenvalue weighted by Gasteiger charge is 2.24. The van der Waals surface area contributed by atoms with Crippen LogP contribution in [0.3, 0.4) is 0 Å². The molecule has 3 aromatic carbocycles. The lowest BCUT2D eigenvalue weighted by Crippen LogP contribution is -2.15. The Labute approximate surface area is 200 Å². The third-order valence-corrected chi connectivity index (χ3v) is 6.18. The predicted molar refractivity (Wildman–Crippen MR) is 136 cm³/mol. The van der Waals surface area contributed by atoms with Crippen molar-refractivity contribution in [3.63, 3.8) is 0 Å². The highest BCUT2D eigenvalue weighted by Crippen LogP contribution is 2.45. The van der Waals surface area contributed by atoms with Gasteiger partial charge >= 0.3 is 0 Å². The Kier molecular flexibility index (Phi) is 7.33. The number of halogens is 1. The summed E-state index contributed by atoms with van der Waals surface area (Å²) in [6.45, 7) is 3.71. The molecule has 0 aliphatic heterocycles. The molecule has 1 aliphatic carbocycles. The van der Waals surface area contributed by atoms with Crippen LogP contribution >= 0.6 is 0 Å². The van der Waals surface area contributed by atoms with Crippen LogP contribution in [0, 0.1) is 5.82 Å². The number of fused-ring (bicyclic) bond motifs is 1. The first-order valence-electron chi connectivity index (χ1n) is 11.3. The molecule has 0 saturated heterocycles. The van der Waals surface area contributed by atoms with Gasteiger partial charge in [-0.1, -0.05) is 36.4 Å². The first-order chi connectivity index (χ1) is 16.5. The standard InChI is InChI=1S/C29H30FNO3/c1-19-23(12-13-31-18-20-8-6-5-7-9-20)26-17-22(30)10-11-24(26)25(19)14-21-15-27(32-2)29(34-4)28(16-21)33-3/h5-11,14-17,31H,12-13,18H2,1-4H3/b25-14-. The van der Waals surface area contributed by atoms with Crippen LogP contribution in [0.1, 0.15) is 35.6 Å². The molecule has 0 unspecified atom stereocenters. The van der Waals surface area contributed by atoms with Crippen molar-refractivity contribution in [3.8, 4) is 17.2 Å². The van der Waals surface area contributed by atoms with Crippen molar-refractivity contribution >= 4 is 17.2 Å². The Morgan fingerprint density at radius 3 is 2.21 bits per heavy atom. The molecule has 0 saturated carbocycles. The van der Waals surface area contributed by atoms with E-state index in [1.807, 2.05) is 36.4 Å². The number of rotatable bonds is 9. The summed E-state index contributed by atoms with van der Waals surface area (Å²) in [5.41, 5.74) is 7.53. The van der Waals surface area contributed by atoms with Gasteiger partial charge in [-0.25, -0.2) is 4.39 Å². The second-order valence-electron chi connectivity index (χ2n) is 8.22. The summed E-state index contributed by atoms with van der Waals surface area (Å²) in [7, 11) is 4.80. The molecule has 4 nitrogen and oxygen atoms in total. The van der Waals surface area contributed by atoms with E-state index in [2.05, 4.69) is 30.4 Å². The van der Waals surface area contributed by atoms with Gasteiger partial charge in [-0.05, 0) is 89.2 Å². The van der Waals surface area contributed by atoms with Crippen LogP contribution in [0.25, 0.3) is 17.2 Å². The second kappa shape index (κ2) is 10.6. The monoisotopic (exact) mass is 459 g/mol. The fraction of sp³-hybridized carbons (Fsp3) is 0.241. The molecule has 0 bridgehead atoms. The number of methoxy groups -OCH3 is 3. The molecular formula is C29H30FNO3. The van der Waals surface area contributed by atoms with Crippen LogP contribution in [-0.2, 0) is 6.54 Å². The topological polar surface area (TPSA) is 39.7 Å².